The monoisotopic (exact) mass is 268 g/mol. The zero-order chi connectivity index (χ0) is 13.1. The fraction of sp³-hybridized carbons (Fsp3) is 0.214. The first kappa shape index (κ1) is 11.9. The predicted molar refractivity (Wildman–Crippen MR) is 75.7 cm³/mol. The molecule has 4 nitrogen and oxygen atoms in total. The fourth-order valence-electron chi connectivity index (χ4n) is 2.13. The first-order valence-electron chi connectivity index (χ1n) is 6.11. The quantitative estimate of drug-likeness (QED) is 0.681. The summed E-state index contributed by atoms with van der Waals surface area (Å²) in [6.07, 6.45) is 3.24. The minimum atomic E-state index is 0.564. The standard InChI is InChI=1S/C14H12N4S/c15-7-3-4-8-18-12-6-2-1-5-11(12)17-14(18)13-9-16-10-19-13/h1-2,5-6,9-10H,3-4,8H2. The number of hydrogen-bond acceptors (Lipinski definition) is 4. The highest BCUT2D eigenvalue weighted by atomic mass is 32.1. The zero-order valence-corrected chi connectivity index (χ0v) is 11.1. The van der Waals surface area contributed by atoms with Gasteiger partial charge in [-0.1, -0.05) is 12.1 Å². The number of fused-ring (bicyclic) bond motifs is 1. The Labute approximate surface area is 115 Å². The van der Waals surface area contributed by atoms with E-state index in [1.165, 1.54) is 0 Å². The van der Waals surface area contributed by atoms with Crippen LogP contribution >= 0.6 is 11.3 Å². The smallest absolute Gasteiger partial charge is 0.152 e. The molecule has 0 spiro atoms. The number of thiazole rings is 1. The molecular weight excluding hydrogens is 256 g/mol. The third-order valence-corrected chi connectivity index (χ3v) is 3.75. The Balaban J connectivity index is 2.09. The molecule has 0 saturated heterocycles. The number of para-hydroxylation sites is 2. The minimum Gasteiger partial charge on any atom is -0.323 e. The van der Waals surface area contributed by atoms with Gasteiger partial charge >= 0.3 is 0 Å². The predicted octanol–water partition coefficient (Wildman–Crippen LogP) is 3.46. The molecule has 94 valence electrons. The van der Waals surface area contributed by atoms with Gasteiger partial charge in [0.05, 0.1) is 27.5 Å². The molecule has 0 bridgehead atoms. The highest BCUT2D eigenvalue weighted by Crippen LogP contribution is 2.27. The van der Waals surface area contributed by atoms with E-state index in [2.05, 4.69) is 26.7 Å². The normalized spacial score (nSPS) is 10.7. The third kappa shape index (κ3) is 2.23. The Hall–Kier alpha value is -2.19. The van der Waals surface area contributed by atoms with Gasteiger partial charge in [0.1, 0.15) is 0 Å². The van der Waals surface area contributed by atoms with Crippen molar-refractivity contribution in [2.45, 2.75) is 19.4 Å². The Morgan fingerprint density at radius 3 is 3.00 bits per heavy atom. The Morgan fingerprint density at radius 2 is 2.21 bits per heavy atom. The molecular formula is C14H12N4S. The van der Waals surface area contributed by atoms with Gasteiger partial charge in [-0.3, -0.25) is 4.98 Å². The second-order valence-corrected chi connectivity index (χ2v) is 5.09. The van der Waals surface area contributed by atoms with Crippen molar-refractivity contribution in [3.05, 3.63) is 36.0 Å². The molecule has 0 aliphatic heterocycles. The maximum atomic E-state index is 8.68. The molecule has 0 aliphatic rings. The van der Waals surface area contributed by atoms with Crippen molar-refractivity contribution in [1.82, 2.24) is 14.5 Å². The molecule has 2 aromatic heterocycles. The lowest BCUT2D eigenvalue weighted by molar-refractivity contribution is 0.676. The molecule has 1 aromatic carbocycles. The number of unbranched alkanes of at least 4 members (excludes halogenated alkanes) is 1. The van der Waals surface area contributed by atoms with E-state index in [-0.39, 0.29) is 0 Å². The lowest BCUT2D eigenvalue weighted by atomic mass is 10.3. The van der Waals surface area contributed by atoms with Crippen molar-refractivity contribution in [2.75, 3.05) is 0 Å². The fourth-order valence-corrected chi connectivity index (χ4v) is 2.75. The zero-order valence-electron chi connectivity index (χ0n) is 10.3. The SMILES string of the molecule is N#CCCCn1c(-c2cncs2)nc2ccccc21. The number of nitriles is 1. The molecule has 3 rings (SSSR count). The molecule has 0 unspecified atom stereocenters. The molecule has 3 aromatic rings. The summed E-state index contributed by atoms with van der Waals surface area (Å²) >= 11 is 1.59. The van der Waals surface area contributed by atoms with Crippen LogP contribution in [0.3, 0.4) is 0 Å². The first-order valence-corrected chi connectivity index (χ1v) is 6.99. The summed E-state index contributed by atoms with van der Waals surface area (Å²) in [7, 11) is 0. The third-order valence-electron chi connectivity index (χ3n) is 2.98. The molecule has 0 amide bonds. The van der Waals surface area contributed by atoms with Gasteiger partial charge in [-0.05, 0) is 18.6 Å². The molecule has 0 atom stereocenters. The van der Waals surface area contributed by atoms with E-state index in [1.807, 2.05) is 29.9 Å². The average molecular weight is 268 g/mol. The summed E-state index contributed by atoms with van der Waals surface area (Å²) in [5, 5.41) is 8.68. The van der Waals surface area contributed by atoms with E-state index in [9.17, 15) is 0 Å². The number of benzene rings is 1. The second kappa shape index (κ2) is 5.21. The molecule has 5 heteroatoms. The summed E-state index contributed by atoms with van der Waals surface area (Å²) < 4.78 is 2.18. The van der Waals surface area contributed by atoms with Crippen LogP contribution in [0.4, 0.5) is 0 Å². The summed E-state index contributed by atoms with van der Waals surface area (Å²) in [5.41, 5.74) is 3.92. The van der Waals surface area contributed by atoms with Crippen LogP contribution in [0.5, 0.6) is 0 Å². The van der Waals surface area contributed by atoms with E-state index in [4.69, 9.17) is 5.26 Å². The van der Waals surface area contributed by atoms with Crippen molar-refractivity contribution in [3.8, 4) is 16.8 Å². The van der Waals surface area contributed by atoms with Crippen molar-refractivity contribution in [3.63, 3.8) is 0 Å². The van der Waals surface area contributed by atoms with Crippen LogP contribution in [0.25, 0.3) is 21.7 Å². The number of rotatable bonds is 4. The van der Waals surface area contributed by atoms with Crippen molar-refractivity contribution in [2.24, 2.45) is 0 Å². The Kier molecular flexibility index (Phi) is 3.25. The molecule has 19 heavy (non-hydrogen) atoms. The van der Waals surface area contributed by atoms with Crippen LogP contribution < -0.4 is 0 Å². The lowest BCUT2D eigenvalue weighted by Gasteiger charge is -2.06. The molecule has 0 fully saturated rings. The van der Waals surface area contributed by atoms with Crippen LogP contribution in [0.15, 0.2) is 36.0 Å². The van der Waals surface area contributed by atoms with Gasteiger partial charge in [0.2, 0.25) is 0 Å². The van der Waals surface area contributed by atoms with Gasteiger partial charge in [0, 0.05) is 19.2 Å². The lowest BCUT2D eigenvalue weighted by Crippen LogP contribution is -1.99. The van der Waals surface area contributed by atoms with Gasteiger partial charge in [-0.15, -0.1) is 11.3 Å². The van der Waals surface area contributed by atoms with E-state index in [0.717, 1.165) is 34.7 Å². The topological polar surface area (TPSA) is 54.5 Å². The van der Waals surface area contributed by atoms with Crippen LogP contribution in [0.2, 0.25) is 0 Å². The summed E-state index contributed by atoms with van der Waals surface area (Å²) in [4.78, 5) is 9.87. The van der Waals surface area contributed by atoms with E-state index in [1.54, 1.807) is 11.3 Å². The number of aryl methyl sites for hydroxylation is 1. The van der Waals surface area contributed by atoms with Gasteiger partial charge in [0.25, 0.3) is 0 Å². The number of hydrogen-bond donors (Lipinski definition) is 0. The van der Waals surface area contributed by atoms with E-state index < -0.39 is 0 Å². The van der Waals surface area contributed by atoms with E-state index in [0.29, 0.717) is 6.42 Å². The van der Waals surface area contributed by atoms with Crippen molar-refractivity contribution >= 4 is 22.4 Å². The Morgan fingerprint density at radius 1 is 1.32 bits per heavy atom. The Bertz CT molecular complexity index is 722. The van der Waals surface area contributed by atoms with Crippen molar-refractivity contribution in [1.29, 1.82) is 5.26 Å². The number of imidazole rings is 1. The number of nitrogens with zero attached hydrogens (tertiary/aromatic N) is 4. The summed E-state index contributed by atoms with van der Waals surface area (Å²) in [6.45, 7) is 0.807. The highest BCUT2D eigenvalue weighted by molar-refractivity contribution is 7.13. The largest absolute Gasteiger partial charge is 0.323 e. The molecule has 0 radical (unpaired) electrons. The molecule has 0 aliphatic carbocycles. The minimum absolute atomic E-state index is 0.564. The molecule has 0 N–H and O–H groups in total. The van der Waals surface area contributed by atoms with Crippen LogP contribution in [-0.2, 0) is 6.54 Å². The van der Waals surface area contributed by atoms with Gasteiger partial charge in [-0.2, -0.15) is 5.26 Å². The molecule has 0 saturated carbocycles. The maximum Gasteiger partial charge on any atom is 0.152 e. The second-order valence-electron chi connectivity index (χ2n) is 4.20. The first-order chi connectivity index (χ1) is 9.40. The summed E-state index contributed by atoms with van der Waals surface area (Å²) in [5.74, 6) is 0.946. The van der Waals surface area contributed by atoms with Gasteiger partial charge < -0.3 is 4.57 Å². The van der Waals surface area contributed by atoms with Crippen molar-refractivity contribution < 1.29 is 0 Å². The van der Waals surface area contributed by atoms with Crippen LogP contribution in [-0.4, -0.2) is 14.5 Å². The summed E-state index contributed by atoms with van der Waals surface area (Å²) in [6, 6.07) is 10.3. The molecule has 2 heterocycles. The van der Waals surface area contributed by atoms with E-state index >= 15 is 0 Å². The maximum absolute atomic E-state index is 8.68. The number of aromatic nitrogens is 3. The van der Waals surface area contributed by atoms with Gasteiger partial charge in [0.15, 0.2) is 5.82 Å². The highest BCUT2D eigenvalue weighted by Gasteiger charge is 2.12. The van der Waals surface area contributed by atoms with Crippen LogP contribution in [0, 0.1) is 11.3 Å². The van der Waals surface area contributed by atoms with Crippen LogP contribution in [0.1, 0.15) is 12.8 Å². The van der Waals surface area contributed by atoms with Gasteiger partial charge in [-0.25, -0.2) is 4.98 Å². The average Bonchev–Trinajstić information content (AvgIpc) is 3.06.